The number of benzene rings is 1. The van der Waals surface area contributed by atoms with E-state index in [-0.39, 0.29) is 17.9 Å². The van der Waals surface area contributed by atoms with Gasteiger partial charge in [0.15, 0.2) is 10.4 Å². The summed E-state index contributed by atoms with van der Waals surface area (Å²) in [5.74, 6) is 0.727. The Hall–Kier alpha value is -2.28. The van der Waals surface area contributed by atoms with Gasteiger partial charge in [0.05, 0.1) is 7.11 Å². The number of furan rings is 1. The van der Waals surface area contributed by atoms with Crippen LogP contribution in [-0.2, 0) is 0 Å². The number of piperidine rings is 1. The Kier molecular flexibility index (Phi) is 5.43. The number of hydrogen-bond acceptors (Lipinski definition) is 4. The molecule has 2 heterocycles. The Labute approximate surface area is 154 Å². The van der Waals surface area contributed by atoms with Crippen LogP contribution in [0.3, 0.4) is 0 Å². The number of ether oxygens (including phenoxy) is 1. The molecule has 7 heteroatoms. The molecule has 3 rings (SSSR count). The summed E-state index contributed by atoms with van der Waals surface area (Å²) in [6, 6.07) is 10.5. The first-order valence-electron chi connectivity index (χ1n) is 8.06. The summed E-state index contributed by atoms with van der Waals surface area (Å²) in [6.07, 6.45) is 1.42. The van der Waals surface area contributed by atoms with Crippen molar-refractivity contribution in [2.24, 2.45) is 0 Å². The highest BCUT2D eigenvalue weighted by Gasteiger charge is 2.26. The van der Waals surface area contributed by atoms with Gasteiger partial charge in [0.25, 0.3) is 11.8 Å². The first-order chi connectivity index (χ1) is 12.1. The fraction of sp³-hybridized carbons (Fsp3) is 0.333. The van der Waals surface area contributed by atoms with Crippen molar-refractivity contribution in [1.82, 2.24) is 10.2 Å². The molecule has 1 fully saturated rings. The van der Waals surface area contributed by atoms with Gasteiger partial charge in [-0.1, -0.05) is 6.07 Å². The molecule has 0 radical (unpaired) electrons. The maximum absolute atomic E-state index is 12.4. The van der Waals surface area contributed by atoms with Crippen LogP contribution in [-0.4, -0.2) is 43.0 Å². The second-order valence-corrected chi connectivity index (χ2v) is 6.66. The highest BCUT2D eigenvalue weighted by atomic mass is 79.9. The van der Waals surface area contributed by atoms with E-state index < -0.39 is 0 Å². The molecule has 0 aliphatic carbocycles. The molecule has 1 aromatic heterocycles. The number of carbonyl (C=O) groups excluding carboxylic acids is 2. The maximum Gasteiger partial charge on any atom is 0.289 e. The van der Waals surface area contributed by atoms with Gasteiger partial charge in [0.1, 0.15) is 5.75 Å². The molecule has 1 N–H and O–H groups in total. The molecule has 0 bridgehead atoms. The van der Waals surface area contributed by atoms with E-state index in [1.165, 1.54) is 0 Å². The van der Waals surface area contributed by atoms with Crippen molar-refractivity contribution < 1.29 is 18.7 Å². The minimum absolute atomic E-state index is 0.0473. The lowest BCUT2D eigenvalue weighted by Gasteiger charge is -2.31. The lowest BCUT2D eigenvalue weighted by molar-refractivity contribution is 0.0666. The zero-order valence-corrected chi connectivity index (χ0v) is 15.4. The fourth-order valence-electron chi connectivity index (χ4n) is 2.85. The monoisotopic (exact) mass is 406 g/mol. The van der Waals surface area contributed by atoms with Crippen LogP contribution in [0.5, 0.6) is 5.75 Å². The van der Waals surface area contributed by atoms with Gasteiger partial charge in [-0.2, -0.15) is 0 Å². The van der Waals surface area contributed by atoms with E-state index in [4.69, 9.17) is 9.15 Å². The minimum atomic E-state index is -0.126. The maximum atomic E-state index is 12.4. The van der Waals surface area contributed by atoms with Crippen molar-refractivity contribution in [2.75, 3.05) is 20.2 Å². The van der Waals surface area contributed by atoms with Gasteiger partial charge < -0.3 is 19.4 Å². The normalized spacial score (nSPS) is 15.0. The number of hydrogen-bond donors (Lipinski definition) is 1. The van der Waals surface area contributed by atoms with Crippen LogP contribution < -0.4 is 10.1 Å². The molecule has 1 aromatic carbocycles. The molecule has 132 valence electrons. The summed E-state index contributed by atoms with van der Waals surface area (Å²) in [5, 5.41) is 3.03. The average Bonchev–Trinajstić information content (AvgIpc) is 3.08. The van der Waals surface area contributed by atoms with E-state index in [2.05, 4.69) is 21.2 Å². The van der Waals surface area contributed by atoms with Gasteiger partial charge in [-0.25, -0.2) is 0 Å². The Morgan fingerprint density at radius 3 is 2.64 bits per heavy atom. The zero-order chi connectivity index (χ0) is 17.8. The third kappa shape index (κ3) is 4.22. The standard InChI is InChI=1S/C18H19BrN2O4/c1-24-14-4-2-3-12(11-14)17(22)20-13-7-9-21(10-8-13)18(23)15-5-6-16(19)25-15/h2-6,11,13H,7-10H2,1H3,(H,20,22). The van der Waals surface area contributed by atoms with E-state index in [0.717, 1.165) is 0 Å². The summed E-state index contributed by atoms with van der Waals surface area (Å²) >= 11 is 3.20. The van der Waals surface area contributed by atoms with Crippen molar-refractivity contribution in [3.05, 3.63) is 52.4 Å². The SMILES string of the molecule is COc1cccc(C(=O)NC2CCN(C(=O)c3ccc(Br)o3)CC2)c1. The van der Waals surface area contributed by atoms with Crippen LogP contribution in [0.4, 0.5) is 0 Å². The molecule has 25 heavy (non-hydrogen) atoms. The summed E-state index contributed by atoms with van der Waals surface area (Å²) < 4.78 is 11.0. The number of amides is 2. The smallest absolute Gasteiger partial charge is 0.289 e. The molecule has 1 aliphatic heterocycles. The quantitative estimate of drug-likeness (QED) is 0.846. The number of halogens is 1. The molecule has 0 spiro atoms. The van der Waals surface area contributed by atoms with Crippen molar-refractivity contribution >= 4 is 27.7 Å². The van der Waals surface area contributed by atoms with E-state index in [0.29, 0.717) is 47.7 Å². The second kappa shape index (κ2) is 7.74. The Bertz CT molecular complexity index is 766. The molecule has 2 amide bonds. The summed E-state index contributed by atoms with van der Waals surface area (Å²) in [5.41, 5.74) is 0.568. The van der Waals surface area contributed by atoms with Crippen LogP contribution in [0.1, 0.15) is 33.8 Å². The van der Waals surface area contributed by atoms with E-state index in [1.54, 1.807) is 48.4 Å². The molecular weight excluding hydrogens is 388 g/mol. The average molecular weight is 407 g/mol. The predicted octanol–water partition coefficient (Wildman–Crippen LogP) is 3.09. The molecule has 1 aliphatic rings. The van der Waals surface area contributed by atoms with Crippen molar-refractivity contribution in [2.45, 2.75) is 18.9 Å². The van der Waals surface area contributed by atoms with E-state index in [9.17, 15) is 9.59 Å². The molecule has 2 aromatic rings. The largest absolute Gasteiger partial charge is 0.497 e. The van der Waals surface area contributed by atoms with Crippen LogP contribution >= 0.6 is 15.9 Å². The molecule has 6 nitrogen and oxygen atoms in total. The first kappa shape index (κ1) is 17.5. The number of likely N-dealkylation sites (tertiary alicyclic amines) is 1. The Morgan fingerprint density at radius 2 is 2.00 bits per heavy atom. The summed E-state index contributed by atoms with van der Waals surface area (Å²) in [4.78, 5) is 26.4. The molecule has 1 saturated heterocycles. The lowest BCUT2D eigenvalue weighted by atomic mass is 10.0. The first-order valence-corrected chi connectivity index (χ1v) is 8.85. The highest BCUT2D eigenvalue weighted by molar-refractivity contribution is 9.10. The molecule has 0 saturated carbocycles. The van der Waals surface area contributed by atoms with Crippen LogP contribution in [0, 0.1) is 0 Å². The van der Waals surface area contributed by atoms with Crippen molar-refractivity contribution in [3.63, 3.8) is 0 Å². The predicted molar refractivity (Wildman–Crippen MR) is 95.8 cm³/mol. The van der Waals surface area contributed by atoms with Crippen LogP contribution in [0.2, 0.25) is 0 Å². The minimum Gasteiger partial charge on any atom is -0.497 e. The Balaban J connectivity index is 1.53. The highest BCUT2D eigenvalue weighted by Crippen LogP contribution is 2.19. The third-order valence-electron chi connectivity index (χ3n) is 4.23. The Morgan fingerprint density at radius 1 is 1.24 bits per heavy atom. The van der Waals surface area contributed by atoms with Gasteiger partial charge in [-0.05, 0) is 59.1 Å². The number of methoxy groups -OCH3 is 1. The van der Waals surface area contributed by atoms with Gasteiger partial charge in [-0.15, -0.1) is 0 Å². The van der Waals surface area contributed by atoms with Gasteiger partial charge in [0, 0.05) is 24.7 Å². The van der Waals surface area contributed by atoms with Gasteiger partial charge in [-0.3, -0.25) is 9.59 Å². The van der Waals surface area contributed by atoms with E-state index in [1.807, 2.05) is 0 Å². The third-order valence-corrected chi connectivity index (χ3v) is 4.66. The number of nitrogens with one attached hydrogen (secondary N) is 1. The zero-order valence-electron chi connectivity index (χ0n) is 13.8. The topological polar surface area (TPSA) is 71.8 Å². The number of nitrogens with zero attached hydrogens (tertiary/aromatic N) is 1. The molecule has 0 unspecified atom stereocenters. The van der Waals surface area contributed by atoms with Crippen LogP contribution in [0.25, 0.3) is 0 Å². The molecular formula is C18H19BrN2O4. The van der Waals surface area contributed by atoms with E-state index >= 15 is 0 Å². The van der Waals surface area contributed by atoms with Crippen LogP contribution in [0.15, 0.2) is 45.5 Å². The van der Waals surface area contributed by atoms with Gasteiger partial charge in [0.2, 0.25) is 0 Å². The number of rotatable bonds is 4. The van der Waals surface area contributed by atoms with Gasteiger partial charge >= 0.3 is 0 Å². The molecule has 0 atom stereocenters. The lowest BCUT2D eigenvalue weighted by Crippen LogP contribution is -2.46. The summed E-state index contributed by atoms with van der Waals surface area (Å²) in [6.45, 7) is 1.17. The summed E-state index contributed by atoms with van der Waals surface area (Å²) in [7, 11) is 1.57. The van der Waals surface area contributed by atoms with Crippen molar-refractivity contribution in [3.8, 4) is 5.75 Å². The number of carbonyl (C=O) groups is 2. The van der Waals surface area contributed by atoms with Crippen molar-refractivity contribution in [1.29, 1.82) is 0 Å². The fourth-order valence-corrected chi connectivity index (χ4v) is 3.15. The second-order valence-electron chi connectivity index (χ2n) is 5.88.